The Balaban J connectivity index is 0.00000306. The fourth-order valence-electron chi connectivity index (χ4n) is 7.28. The van der Waals surface area contributed by atoms with E-state index in [4.69, 9.17) is 9.79 Å². The van der Waals surface area contributed by atoms with Crippen LogP contribution in [0.2, 0.25) is 0 Å². The fourth-order valence-corrected chi connectivity index (χ4v) is 7.51. The van der Waals surface area contributed by atoms with E-state index in [1.807, 2.05) is 0 Å². The summed E-state index contributed by atoms with van der Waals surface area (Å²) in [4.78, 5) is 42.7. The number of carbonyl (C=O) groups is 2. The number of ketones is 2. The molecule has 0 aromatic rings. The van der Waals surface area contributed by atoms with Crippen LogP contribution < -0.4 is 29.6 Å². The first-order valence-electron chi connectivity index (χ1n) is 10.8. The van der Waals surface area contributed by atoms with Crippen LogP contribution >= 0.6 is 7.82 Å². The van der Waals surface area contributed by atoms with Crippen molar-refractivity contribution in [1.82, 2.24) is 0 Å². The molecule has 0 aromatic heterocycles. The van der Waals surface area contributed by atoms with Crippen molar-refractivity contribution in [2.75, 3.05) is 0 Å². The number of alkyl halides is 1. The Hall–Kier alpha value is -0.350. The van der Waals surface area contributed by atoms with Gasteiger partial charge in [0.25, 0.3) is 0 Å². The summed E-state index contributed by atoms with van der Waals surface area (Å²) < 4.78 is 32.3. The standard InChI is InChI=1S/C22H29FO8P.Na/c1-12-8-16-15-5-4-13-9-14(24)6-7-19(13,2)21(15,23)17(25)10-20(16,3)22(12,27)18(26)11-31-32(28,29)30;/h6-7,9,11-12,15-17,25,27H,4-5,8,10H2,1-3H3,(H2,28,29,30);/q-1;+1/t12-,15+,16+,17+,19+,20+,21+,22+;/m1./s1. The molecule has 4 aliphatic rings. The van der Waals surface area contributed by atoms with Crippen molar-refractivity contribution in [3.8, 4) is 0 Å². The number of hydrogen-bond acceptors (Lipinski definition) is 6. The van der Waals surface area contributed by atoms with Crippen LogP contribution in [0.25, 0.3) is 0 Å². The van der Waals surface area contributed by atoms with E-state index in [-0.39, 0.29) is 41.8 Å². The van der Waals surface area contributed by atoms with Gasteiger partial charge in [0.1, 0.15) is 5.60 Å². The third-order valence-corrected chi connectivity index (χ3v) is 9.28. The molecule has 3 saturated carbocycles. The average molecular weight is 494 g/mol. The molecule has 0 aromatic carbocycles. The second-order valence-corrected chi connectivity index (χ2v) is 11.4. The SMILES string of the molecule is C[C@@H]1C[C@H]2[C@@H]3CCC4=CC(=O)C=C[C@]4(C)[C@@]3(F)[C@@H](O)C[C@]2(C)[C@@]1(O)C(=O)[CH-]OP(=O)(O)O.[Na+]. The van der Waals surface area contributed by atoms with Crippen LogP contribution in [0.5, 0.6) is 0 Å². The summed E-state index contributed by atoms with van der Waals surface area (Å²) >= 11 is 0. The maximum absolute atomic E-state index is 17.0. The Morgan fingerprint density at radius 3 is 2.55 bits per heavy atom. The minimum absolute atomic E-state index is 0. The van der Waals surface area contributed by atoms with E-state index in [0.717, 1.165) is 0 Å². The number of allylic oxidation sites excluding steroid dienone is 4. The van der Waals surface area contributed by atoms with Gasteiger partial charge in [-0.25, -0.2) is 8.96 Å². The van der Waals surface area contributed by atoms with Gasteiger partial charge in [0.05, 0.1) is 11.9 Å². The predicted molar refractivity (Wildman–Crippen MR) is 110 cm³/mol. The molecule has 11 heteroatoms. The predicted octanol–water partition coefficient (Wildman–Crippen LogP) is -0.822. The summed E-state index contributed by atoms with van der Waals surface area (Å²) in [6.07, 6.45) is 3.61. The molecule has 4 N–H and O–H groups in total. The van der Waals surface area contributed by atoms with Crippen molar-refractivity contribution in [2.45, 2.75) is 63.8 Å². The molecule has 0 bridgehead atoms. The summed E-state index contributed by atoms with van der Waals surface area (Å²) in [6.45, 7) is 5.28. The number of aliphatic hydroxyl groups is 2. The number of fused-ring (bicyclic) bond motifs is 5. The Morgan fingerprint density at radius 1 is 1.30 bits per heavy atom. The minimum atomic E-state index is -4.98. The number of rotatable bonds is 4. The molecule has 0 spiro atoms. The van der Waals surface area contributed by atoms with Crippen molar-refractivity contribution in [1.29, 1.82) is 0 Å². The fraction of sp³-hybridized carbons (Fsp3) is 0.682. The van der Waals surface area contributed by atoms with Crippen LogP contribution in [0.1, 0.15) is 46.5 Å². The molecule has 8 nitrogen and oxygen atoms in total. The molecule has 3 fully saturated rings. The van der Waals surface area contributed by atoms with E-state index in [1.165, 1.54) is 18.2 Å². The summed E-state index contributed by atoms with van der Waals surface area (Å²) in [5.74, 6) is -3.06. The molecular formula is C22H29FNaO8P. The van der Waals surface area contributed by atoms with E-state index >= 15 is 4.39 Å². The van der Waals surface area contributed by atoms with Gasteiger partial charge in [0.2, 0.25) is 0 Å². The van der Waals surface area contributed by atoms with E-state index in [9.17, 15) is 24.4 Å². The monoisotopic (exact) mass is 494 g/mol. The van der Waals surface area contributed by atoms with Gasteiger partial charge < -0.3 is 29.3 Å². The van der Waals surface area contributed by atoms with Crippen LogP contribution in [-0.4, -0.2) is 48.9 Å². The molecule has 8 atom stereocenters. The maximum atomic E-state index is 17.0. The van der Waals surface area contributed by atoms with E-state index in [0.29, 0.717) is 31.4 Å². The van der Waals surface area contributed by atoms with Gasteiger partial charge in [-0.15, -0.1) is 0 Å². The summed E-state index contributed by atoms with van der Waals surface area (Å²) in [6, 6.07) is 0. The zero-order valence-corrected chi connectivity index (χ0v) is 22.1. The molecule has 0 heterocycles. The van der Waals surface area contributed by atoms with Crippen molar-refractivity contribution in [3.05, 3.63) is 30.4 Å². The molecule has 178 valence electrons. The maximum Gasteiger partial charge on any atom is 1.00 e. The van der Waals surface area contributed by atoms with Crippen LogP contribution in [-0.2, 0) is 18.7 Å². The molecule has 0 aliphatic heterocycles. The number of Topliss-reactive ketones (excluding diaryl/α,β-unsaturated/α-hetero) is 1. The third kappa shape index (κ3) is 3.62. The number of aliphatic hydroxyl groups excluding tert-OH is 1. The third-order valence-electron chi connectivity index (χ3n) is 8.90. The number of carbonyl (C=O) groups excluding carboxylic acids is 2. The average Bonchev–Trinajstić information content (AvgIpc) is 2.89. The van der Waals surface area contributed by atoms with E-state index in [1.54, 1.807) is 20.8 Å². The molecule has 4 rings (SSSR count). The van der Waals surface area contributed by atoms with Gasteiger partial charge in [-0.05, 0) is 56.6 Å². The Kier molecular flexibility index (Phi) is 6.90. The number of phosphoric acid groups is 1. The van der Waals surface area contributed by atoms with Crippen molar-refractivity contribution in [3.63, 3.8) is 0 Å². The van der Waals surface area contributed by atoms with Gasteiger partial charge in [-0.2, -0.15) is 6.61 Å². The molecular weight excluding hydrogens is 465 g/mol. The van der Waals surface area contributed by atoms with Crippen molar-refractivity contribution >= 4 is 19.4 Å². The Bertz CT molecular complexity index is 979. The largest absolute Gasteiger partial charge is 1.00 e. The molecule has 0 unspecified atom stereocenters. The van der Waals surface area contributed by atoms with Crippen LogP contribution in [0.3, 0.4) is 0 Å². The zero-order valence-electron chi connectivity index (χ0n) is 19.2. The normalized spacial score (nSPS) is 46.4. The number of phosphoric ester groups is 1. The second kappa shape index (κ2) is 8.36. The quantitative estimate of drug-likeness (QED) is 0.226. The van der Waals surface area contributed by atoms with E-state index < -0.39 is 59.6 Å². The van der Waals surface area contributed by atoms with Crippen molar-refractivity contribution < 1.29 is 72.6 Å². The van der Waals surface area contributed by atoms with Crippen LogP contribution in [0, 0.1) is 35.2 Å². The van der Waals surface area contributed by atoms with Gasteiger partial charge in [0.15, 0.2) is 11.5 Å². The second-order valence-electron chi connectivity index (χ2n) is 10.2. The molecule has 0 saturated heterocycles. The van der Waals surface area contributed by atoms with Crippen LogP contribution in [0.15, 0.2) is 23.8 Å². The minimum Gasteiger partial charge on any atom is -0.438 e. The Morgan fingerprint density at radius 2 is 1.94 bits per heavy atom. The first-order valence-corrected chi connectivity index (χ1v) is 12.3. The van der Waals surface area contributed by atoms with Gasteiger partial charge in [0, 0.05) is 16.7 Å². The van der Waals surface area contributed by atoms with Gasteiger partial charge >= 0.3 is 37.4 Å². The molecule has 4 aliphatic carbocycles. The molecule has 0 amide bonds. The summed E-state index contributed by atoms with van der Waals surface area (Å²) in [7, 11) is -4.98. The zero-order chi connectivity index (χ0) is 23.9. The first-order chi connectivity index (χ1) is 14.6. The van der Waals surface area contributed by atoms with Gasteiger partial charge in [-0.3, -0.25) is 4.79 Å². The smallest absolute Gasteiger partial charge is 0.438 e. The van der Waals surface area contributed by atoms with Crippen LogP contribution in [0.4, 0.5) is 4.39 Å². The first kappa shape index (κ1) is 27.2. The number of hydrogen-bond donors (Lipinski definition) is 4. The van der Waals surface area contributed by atoms with E-state index in [2.05, 4.69) is 4.52 Å². The molecule has 0 radical (unpaired) electrons. The van der Waals surface area contributed by atoms with Gasteiger partial charge in [-0.1, -0.05) is 25.5 Å². The van der Waals surface area contributed by atoms with Crippen molar-refractivity contribution in [2.24, 2.45) is 28.6 Å². The summed E-state index contributed by atoms with van der Waals surface area (Å²) in [5, 5.41) is 22.8. The number of halogens is 1. The Labute approximate surface area is 214 Å². The summed E-state index contributed by atoms with van der Waals surface area (Å²) in [5.41, 5.74) is -5.99. The molecule has 33 heavy (non-hydrogen) atoms. The topological polar surface area (TPSA) is 141 Å².